The molecule has 3 aromatic rings. The fourth-order valence-corrected chi connectivity index (χ4v) is 2.21. The summed E-state index contributed by atoms with van der Waals surface area (Å²) in [5.41, 5.74) is 1.97. The Hall–Kier alpha value is -2.92. The fourth-order valence-electron chi connectivity index (χ4n) is 2.21. The number of nitrogens with zero attached hydrogens (tertiary/aromatic N) is 1. The Bertz CT molecular complexity index is 829. The third kappa shape index (κ3) is 2.17. The first kappa shape index (κ1) is 12.1. The smallest absolute Gasteiger partial charge is 0.193 e. The first-order valence-corrected chi connectivity index (χ1v) is 6.31. The topological polar surface area (TPSA) is 40.9 Å². The van der Waals surface area contributed by atoms with Gasteiger partial charge in [0.25, 0.3) is 0 Å². The average Bonchev–Trinajstić information content (AvgIpc) is 2.54. The molecular weight excluding hydrogens is 246 g/mol. The quantitative estimate of drug-likeness (QED) is 0.652. The second-order valence-electron chi connectivity index (χ2n) is 4.58. The van der Waals surface area contributed by atoms with Crippen LogP contribution in [0.25, 0.3) is 10.8 Å². The van der Waals surface area contributed by atoms with Crippen molar-refractivity contribution in [2.45, 2.75) is 0 Å². The van der Waals surface area contributed by atoms with Crippen LogP contribution in [0.5, 0.6) is 0 Å². The summed E-state index contributed by atoms with van der Waals surface area (Å²) >= 11 is 0. The molecule has 3 rings (SSSR count). The molecule has 0 fully saturated rings. The molecule has 20 heavy (non-hydrogen) atoms. The van der Waals surface area contributed by atoms with Crippen LogP contribution in [0, 0.1) is 11.3 Å². The molecule has 0 aliphatic rings. The molecule has 3 aromatic carbocycles. The largest absolute Gasteiger partial charge is 0.289 e. The number of benzene rings is 3. The zero-order valence-electron chi connectivity index (χ0n) is 10.7. The van der Waals surface area contributed by atoms with Crippen molar-refractivity contribution in [3.63, 3.8) is 0 Å². The maximum absolute atomic E-state index is 12.4. The lowest BCUT2D eigenvalue weighted by molar-refractivity contribution is 0.103. The molecule has 0 radical (unpaired) electrons. The Kier molecular flexibility index (Phi) is 3.02. The van der Waals surface area contributed by atoms with Gasteiger partial charge in [0.05, 0.1) is 11.6 Å². The number of fused-ring (bicyclic) bond motifs is 1. The summed E-state index contributed by atoms with van der Waals surface area (Å²) in [4.78, 5) is 12.4. The van der Waals surface area contributed by atoms with Crippen molar-refractivity contribution in [1.82, 2.24) is 0 Å². The lowest BCUT2D eigenvalue weighted by Crippen LogP contribution is -2.00. The van der Waals surface area contributed by atoms with Gasteiger partial charge in [-0.25, -0.2) is 0 Å². The highest BCUT2D eigenvalue weighted by atomic mass is 16.1. The van der Waals surface area contributed by atoms with Gasteiger partial charge in [0, 0.05) is 11.1 Å². The van der Waals surface area contributed by atoms with Crippen LogP contribution in [0.1, 0.15) is 21.5 Å². The van der Waals surface area contributed by atoms with Gasteiger partial charge < -0.3 is 0 Å². The van der Waals surface area contributed by atoms with Crippen LogP contribution < -0.4 is 0 Å². The first-order chi connectivity index (χ1) is 9.78. The predicted molar refractivity (Wildman–Crippen MR) is 78.5 cm³/mol. The van der Waals surface area contributed by atoms with Crippen molar-refractivity contribution in [3.05, 3.63) is 83.4 Å². The van der Waals surface area contributed by atoms with E-state index in [0.29, 0.717) is 16.7 Å². The number of rotatable bonds is 2. The molecule has 0 heterocycles. The van der Waals surface area contributed by atoms with Crippen LogP contribution in [0.4, 0.5) is 0 Å². The molecule has 0 unspecified atom stereocenters. The van der Waals surface area contributed by atoms with E-state index in [4.69, 9.17) is 5.26 Å². The summed E-state index contributed by atoms with van der Waals surface area (Å²) < 4.78 is 0. The summed E-state index contributed by atoms with van der Waals surface area (Å²) in [5, 5.41) is 10.8. The Balaban J connectivity index is 2.06. The van der Waals surface area contributed by atoms with E-state index in [1.807, 2.05) is 54.6 Å². The van der Waals surface area contributed by atoms with Gasteiger partial charge in [-0.05, 0) is 29.0 Å². The van der Waals surface area contributed by atoms with Gasteiger partial charge in [-0.1, -0.05) is 48.5 Å². The average molecular weight is 257 g/mol. The molecule has 2 heteroatoms. The second kappa shape index (κ2) is 4.99. The van der Waals surface area contributed by atoms with E-state index in [0.717, 1.165) is 10.8 Å². The van der Waals surface area contributed by atoms with E-state index in [9.17, 15) is 4.79 Å². The van der Waals surface area contributed by atoms with Crippen molar-refractivity contribution in [1.29, 1.82) is 5.26 Å². The maximum atomic E-state index is 12.4. The first-order valence-electron chi connectivity index (χ1n) is 6.31. The molecule has 0 aromatic heterocycles. The lowest BCUT2D eigenvalue weighted by Gasteiger charge is -2.04. The highest BCUT2D eigenvalue weighted by molar-refractivity contribution is 6.10. The number of carbonyl (C=O) groups is 1. The van der Waals surface area contributed by atoms with Crippen molar-refractivity contribution in [3.8, 4) is 6.07 Å². The number of hydrogen-bond donors (Lipinski definition) is 0. The maximum Gasteiger partial charge on any atom is 0.193 e. The Morgan fingerprint density at radius 1 is 0.800 bits per heavy atom. The number of ketones is 1. The minimum atomic E-state index is 0.0110. The summed E-state index contributed by atoms with van der Waals surface area (Å²) in [7, 11) is 0. The minimum absolute atomic E-state index is 0.0110. The van der Waals surface area contributed by atoms with E-state index >= 15 is 0 Å². The second-order valence-corrected chi connectivity index (χ2v) is 4.58. The van der Waals surface area contributed by atoms with Gasteiger partial charge in [0.1, 0.15) is 0 Å². The zero-order valence-corrected chi connectivity index (χ0v) is 10.7. The fraction of sp³-hybridized carbons (Fsp3) is 0. The van der Waals surface area contributed by atoms with E-state index in [1.165, 1.54) is 0 Å². The minimum Gasteiger partial charge on any atom is -0.289 e. The molecule has 0 saturated heterocycles. The highest BCUT2D eigenvalue weighted by Gasteiger charge is 2.09. The van der Waals surface area contributed by atoms with Gasteiger partial charge in [0.15, 0.2) is 5.78 Å². The molecule has 0 bridgehead atoms. The highest BCUT2D eigenvalue weighted by Crippen LogP contribution is 2.19. The van der Waals surface area contributed by atoms with E-state index < -0.39 is 0 Å². The number of hydrogen-bond acceptors (Lipinski definition) is 2. The van der Waals surface area contributed by atoms with Crippen LogP contribution in [0.3, 0.4) is 0 Å². The van der Waals surface area contributed by atoms with E-state index in [1.54, 1.807) is 12.1 Å². The summed E-state index contributed by atoms with van der Waals surface area (Å²) in [6, 6.07) is 22.3. The van der Waals surface area contributed by atoms with Crippen molar-refractivity contribution >= 4 is 16.6 Å². The molecule has 94 valence electrons. The monoisotopic (exact) mass is 257 g/mol. The van der Waals surface area contributed by atoms with Crippen molar-refractivity contribution < 1.29 is 4.79 Å². The molecule has 0 N–H and O–H groups in total. The summed E-state index contributed by atoms with van der Waals surface area (Å²) in [6.07, 6.45) is 0. The van der Waals surface area contributed by atoms with E-state index in [2.05, 4.69) is 6.07 Å². The summed E-state index contributed by atoms with van der Waals surface area (Å²) in [6.45, 7) is 0. The molecule has 2 nitrogen and oxygen atoms in total. The SMILES string of the molecule is N#Cc1ccc2cc(C(=O)c3ccccc3)ccc2c1. The number of carbonyl (C=O) groups excluding carboxylic acids is 1. The van der Waals surface area contributed by atoms with Crippen molar-refractivity contribution in [2.75, 3.05) is 0 Å². The van der Waals surface area contributed by atoms with Gasteiger partial charge in [0.2, 0.25) is 0 Å². The third-order valence-electron chi connectivity index (χ3n) is 3.27. The number of nitriles is 1. The molecule has 0 aliphatic carbocycles. The van der Waals surface area contributed by atoms with Crippen LogP contribution in [0.2, 0.25) is 0 Å². The van der Waals surface area contributed by atoms with Crippen LogP contribution in [0.15, 0.2) is 66.7 Å². The molecule has 0 saturated carbocycles. The standard InChI is InChI=1S/C18H11NO/c19-12-13-6-7-16-11-17(9-8-15(16)10-13)18(20)14-4-2-1-3-5-14/h1-11H. The molecule has 0 spiro atoms. The predicted octanol–water partition coefficient (Wildman–Crippen LogP) is 3.94. The Morgan fingerprint density at radius 3 is 2.25 bits per heavy atom. The van der Waals surface area contributed by atoms with Crippen LogP contribution in [-0.4, -0.2) is 5.78 Å². The van der Waals surface area contributed by atoms with Gasteiger partial charge >= 0.3 is 0 Å². The summed E-state index contributed by atoms with van der Waals surface area (Å²) in [5.74, 6) is 0.0110. The van der Waals surface area contributed by atoms with Gasteiger partial charge in [-0.15, -0.1) is 0 Å². The Morgan fingerprint density at radius 2 is 1.50 bits per heavy atom. The normalized spacial score (nSPS) is 10.2. The van der Waals surface area contributed by atoms with Gasteiger partial charge in [-0.3, -0.25) is 4.79 Å². The zero-order chi connectivity index (χ0) is 13.9. The van der Waals surface area contributed by atoms with Gasteiger partial charge in [-0.2, -0.15) is 5.26 Å². The lowest BCUT2D eigenvalue weighted by atomic mass is 9.99. The molecule has 0 aliphatic heterocycles. The van der Waals surface area contributed by atoms with E-state index in [-0.39, 0.29) is 5.78 Å². The van der Waals surface area contributed by atoms with Crippen LogP contribution in [-0.2, 0) is 0 Å². The van der Waals surface area contributed by atoms with Crippen molar-refractivity contribution in [2.24, 2.45) is 0 Å². The van der Waals surface area contributed by atoms with Crippen LogP contribution >= 0.6 is 0 Å². The third-order valence-corrected chi connectivity index (χ3v) is 3.27. The molecule has 0 atom stereocenters. The molecular formula is C18H11NO. The Labute approximate surface area is 116 Å². The molecule has 0 amide bonds.